The maximum Gasteiger partial charge on any atom is 0.338 e. The van der Waals surface area contributed by atoms with Crippen LogP contribution in [0.3, 0.4) is 0 Å². The minimum Gasteiger partial charge on any atom is -0.463 e. The first-order valence-electron chi connectivity index (χ1n) is 11.3. The topological polar surface area (TPSA) is 60.7 Å². The van der Waals surface area contributed by atoms with Crippen molar-refractivity contribution >= 4 is 34.7 Å². The van der Waals surface area contributed by atoms with Crippen LogP contribution < -0.4 is 14.9 Å². The first-order valence-corrected chi connectivity index (χ1v) is 13.0. The van der Waals surface area contributed by atoms with E-state index >= 15 is 0 Å². The van der Waals surface area contributed by atoms with Crippen molar-refractivity contribution in [3.05, 3.63) is 88.7 Å². The monoisotopic (exact) mass is 480 g/mol. The number of hydrogen-bond acceptors (Lipinski definition) is 6. The molecule has 33 heavy (non-hydrogen) atoms. The number of ether oxygens (including phenoxy) is 1. The molecule has 3 aromatic rings. The van der Waals surface area contributed by atoms with Crippen molar-refractivity contribution in [1.82, 2.24) is 4.57 Å². The third kappa shape index (κ3) is 4.66. The molecule has 1 aliphatic rings. The van der Waals surface area contributed by atoms with Crippen LogP contribution in [0.1, 0.15) is 68.5 Å². The van der Waals surface area contributed by atoms with Crippen LogP contribution in [0.4, 0.5) is 0 Å². The third-order valence-corrected chi connectivity index (χ3v) is 7.43. The second-order valence-corrected chi connectivity index (χ2v) is 10.2. The third-order valence-electron chi connectivity index (χ3n) is 5.63. The molecule has 3 heterocycles. The predicted molar refractivity (Wildman–Crippen MR) is 134 cm³/mol. The molecule has 4 rings (SSSR count). The van der Waals surface area contributed by atoms with E-state index in [0.29, 0.717) is 32.9 Å². The van der Waals surface area contributed by atoms with Gasteiger partial charge in [-0.15, -0.1) is 11.3 Å². The minimum atomic E-state index is -0.562. The Kier molecular flexibility index (Phi) is 7.10. The molecule has 1 atom stereocenters. The number of allylic oxidation sites excluding steroid dienone is 1. The summed E-state index contributed by atoms with van der Waals surface area (Å²) in [5, 5.41) is 1.99. The normalized spacial score (nSPS) is 16.2. The Hall–Kier alpha value is -2.77. The Balaban J connectivity index is 1.98. The molecule has 0 unspecified atom stereocenters. The molecule has 0 amide bonds. The summed E-state index contributed by atoms with van der Waals surface area (Å²) in [7, 11) is 0. The van der Waals surface area contributed by atoms with Crippen LogP contribution in [0.25, 0.3) is 6.08 Å². The van der Waals surface area contributed by atoms with Gasteiger partial charge in [-0.2, -0.15) is 0 Å². The highest BCUT2D eigenvalue weighted by atomic mass is 32.1. The van der Waals surface area contributed by atoms with Gasteiger partial charge < -0.3 is 4.74 Å². The Morgan fingerprint density at radius 1 is 1.21 bits per heavy atom. The van der Waals surface area contributed by atoms with E-state index in [9.17, 15) is 9.59 Å². The molecule has 0 saturated carbocycles. The van der Waals surface area contributed by atoms with E-state index in [4.69, 9.17) is 9.73 Å². The lowest BCUT2D eigenvalue weighted by molar-refractivity contribution is -0.139. The van der Waals surface area contributed by atoms with Gasteiger partial charge in [-0.3, -0.25) is 9.36 Å². The van der Waals surface area contributed by atoms with Crippen LogP contribution in [0.5, 0.6) is 0 Å². The summed E-state index contributed by atoms with van der Waals surface area (Å²) in [6, 6.07) is 11.6. The molecular weight excluding hydrogens is 452 g/mol. The minimum absolute atomic E-state index is 0.137. The van der Waals surface area contributed by atoms with Gasteiger partial charge in [0.25, 0.3) is 5.56 Å². The molecule has 1 aliphatic heterocycles. The predicted octanol–water partition coefficient (Wildman–Crippen LogP) is 4.76. The lowest BCUT2D eigenvalue weighted by Crippen LogP contribution is -2.40. The zero-order valence-electron chi connectivity index (χ0n) is 19.3. The van der Waals surface area contributed by atoms with E-state index in [1.54, 1.807) is 22.8 Å². The summed E-state index contributed by atoms with van der Waals surface area (Å²) in [4.78, 5) is 33.2. The molecule has 172 valence electrons. The summed E-state index contributed by atoms with van der Waals surface area (Å²) in [5.74, 6) is -0.0160. The van der Waals surface area contributed by atoms with Crippen LogP contribution in [0.15, 0.2) is 62.8 Å². The molecule has 7 heteroatoms. The van der Waals surface area contributed by atoms with E-state index in [0.717, 1.165) is 16.9 Å². The Morgan fingerprint density at radius 3 is 2.58 bits per heavy atom. The molecule has 0 aliphatic carbocycles. The average Bonchev–Trinajstić information content (AvgIpc) is 3.41. The van der Waals surface area contributed by atoms with Crippen molar-refractivity contribution in [2.24, 2.45) is 4.99 Å². The maximum atomic E-state index is 13.6. The first-order chi connectivity index (χ1) is 15.9. The summed E-state index contributed by atoms with van der Waals surface area (Å²) in [5.41, 5.74) is 3.13. The molecule has 5 nitrogen and oxygen atoms in total. The number of rotatable bonds is 7. The highest BCUT2D eigenvalue weighted by Crippen LogP contribution is 2.33. The fourth-order valence-corrected chi connectivity index (χ4v) is 5.74. The van der Waals surface area contributed by atoms with Crippen molar-refractivity contribution in [3.63, 3.8) is 0 Å². The van der Waals surface area contributed by atoms with Gasteiger partial charge in [0.15, 0.2) is 4.80 Å². The largest absolute Gasteiger partial charge is 0.463 e. The van der Waals surface area contributed by atoms with E-state index in [-0.39, 0.29) is 12.2 Å². The fourth-order valence-electron chi connectivity index (χ4n) is 4.00. The SMILES string of the molecule is CCCC1=C(C(=O)OCC)[C@@H](c2ccc(C(C)C)cc2)n2c(s/c(=C\c3cccs3)c2=O)=N1. The molecule has 0 radical (unpaired) electrons. The average molecular weight is 481 g/mol. The van der Waals surface area contributed by atoms with Crippen LogP contribution in [0, 0.1) is 0 Å². The van der Waals surface area contributed by atoms with Gasteiger partial charge >= 0.3 is 5.97 Å². The van der Waals surface area contributed by atoms with Gasteiger partial charge in [0.05, 0.1) is 28.5 Å². The fraction of sp³-hybridized carbons (Fsp3) is 0.346. The molecule has 1 aromatic carbocycles. The van der Waals surface area contributed by atoms with E-state index in [1.165, 1.54) is 16.9 Å². The number of benzene rings is 1. The molecule has 2 aromatic heterocycles. The Bertz CT molecular complexity index is 1340. The number of fused-ring (bicyclic) bond motifs is 1. The second kappa shape index (κ2) is 10.0. The van der Waals surface area contributed by atoms with Crippen LogP contribution >= 0.6 is 22.7 Å². The zero-order valence-corrected chi connectivity index (χ0v) is 21.0. The Morgan fingerprint density at radius 2 is 1.97 bits per heavy atom. The summed E-state index contributed by atoms with van der Waals surface area (Å²) >= 11 is 2.95. The maximum absolute atomic E-state index is 13.6. The number of thiophene rings is 1. The van der Waals surface area contributed by atoms with Crippen molar-refractivity contribution in [3.8, 4) is 0 Å². The van der Waals surface area contributed by atoms with Crippen LogP contribution in [0.2, 0.25) is 0 Å². The second-order valence-electron chi connectivity index (χ2n) is 8.25. The van der Waals surface area contributed by atoms with E-state index < -0.39 is 12.0 Å². The zero-order chi connectivity index (χ0) is 23.5. The van der Waals surface area contributed by atoms with Crippen molar-refractivity contribution < 1.29 is 9.53 Å². The van der Waals surface area contributed by atoms with Gasteiger partial charge in [-0.1, -0.05) is 68.9 Å². The van der Waals surface area contributed by atoms with Crippen molar-refractivity contribution in [1.29, 1.82) is 0 Å². The standard InChI is InChI=1S/C26H28N2O3S2/c1-5-8-20-22(25(30)31-6-2)23(18-12-10-17(11-13-18)16(3)4)28-24(29)21(33-26(28)27-20)15-19-9-7-14-32-19/h7,9-16,23H,5-6,8H2,1-4H3/b21-15-/t23-/m1/s1. The van der Waals surface area contributed by atoms with Crippen molar-refractivity contribution in [2.75, 3.05) is 6.61 Å². The number of esters is 1. The number of thiazole rings is 1. The van der Waals surface area contributed by atoms with Crippen molar-refractivity contribution in [2.45, 2.75) is 52.5 Å². The summed E-state index contributed by atoms with van der Waals surface area (Å²) in [6.07, 6.45) is 3.39. The van der Waals surface area contributed by atoms with Gasteiger partial charge in [-0.05, 0) is 47.9 Å². The molecular formula is C26H28N2O3S2. The lowest BCUT2D eigenvalue weighted by atomic mass is 9.92. The number of nitrogens with zero attached hydrogens (tertiary/aromatic N) is 2. The molecule has 0 spiro atoms. The first kappa shape index (κ1) is 23.4. The number of carbonyl (C=O) groups is 1. The highest BCUT2D eigenvalue weighted by Gasteiger charge is 2.34. The van der Waals surface area contributed by atoms with Gasteiger partial charge in [0.2, 0.25) is 0 Å². The molecule has 0 bridgehead atoms. The number of hydrogen-bond donors (Lipinski definition) is 0. The quantitative estimate of drug-likeness (QED) is 0.458. The molecule has 0 N–H and O–H groups in total. The Labute approximate surface area is 201 Å². The van der Waals surface area contributed by atoms with Crippen LogP contribution in [-0.4, -0.2) is 17.1 Å². The van der Waals surface area contributed by atoms with E-state index in [2.05, 4.69) is 32.9 Å². The molecule has 0 saturated heterocycles. The smallest absolute Gasteiger partial charge is 0.338 e. The highest BCUT2D eigenvalue weighted by molar-refractivity contribution is 7.11. The lowest BCUT2D eigenvalue weighted by Gasteiger charge is -2.26. The number of aromatic nitrogens is 1. The number of carbonyl (C=O) groups excluding carboxylic acids is 1. The summed E-state index contributed by atoms with van der Waals surface area (Å²) < 4.78 is 7.72. The van der Waals surface area contributed by atoms with Gasteiger partial charge in [-0.25, -0.2) is 9.79 Å². The van der Waals surface area contributed by atoms with Gasteiger partial charge in [0.1, 0.15) is 0 Å². The summed E-state index contributed by atoms with van der Waals surface area (Å²) in [6.45, 7) is 8.41. The van der Waals surface area contributed by atoms with Crippen LogP contribution in [-0.2, 0) is 9.53 Å². The van der Waals surface area contributed by atoms with E-state index in [1.807, 2.05) is 35.7 Å². The molecule has 0 fully saturated rings. The van der Waals surface area contributed by atoms with Gasteiger partial charge in [0, 0.05) is 4.88 Å².